The zero-order chi connectivity index (χ0) is 17.4. The van der Waals surface area contributed by atoms with Crippen molar-refractivity contribution in [2.24, 2.45) is 0 Å². The van der Waals surface area contributed by atoms with Gasteiger partial charge in [-0.2, -0.15) is 0 Å². The van der Waals surface area contributed by atoms with E-state index in [1.807, 2.05) is 73.7 Å². The Labute approximate surface area is 146 Å². The molecule has 1 heterocycles. The molecule has 1 aliphatic rings. The Kier molecular flexibility index (Phi) is 3.73. The monoisotopic (exact) mass is 330 g/mol. The third kappa shape index (κ3) is 2.66. The van der Waals surface area contributed by atoms with E-state index < -0.39 is 0 Å². The zero-order valence-corrected chi connectivity index (χ0v) is 13.9. The zero-order valence-electron chi connectivity index (χ0n) is 13.9. The molecule has 3 aromatic rings. The molecule has 0 bridgehead atoms. The highest BCUT2D eigenvalue weighted by Crippen LogP contribution is 2.36. The number of nitrogens with one attached hydrogen (secondary N) is 1. The van der Waals surface area contributed by atoms with Crippen molar-refractivity contribution in [3.8, 4) is 0 Å². The lowest BCUT2D eigenvalue weighted by Crippen LogP contribution is -2.39. The van der Waals surface area contributed by atoms with E-state index in [1.54, 1.807) is 4.90 Å². The van der Waals surface area contributed by atoms with Crippen LogP contribution in [0.2, 0.25) is 0 Å². The lowest BCUT2D eigenvalue weighted by molar-refractivity contribution is -0.120. The van der Waals surface area contributed by atoms with Gasteiger partial charge in [-0.25, -0.2) is 0 Å². The molecule has 0 saturated carbocycles. The van der Waals surface area contributed by atoms with E-state index in [1.165, 1.54) is 0 Å². The SMILES string of the molecule is CC(NC(=O)CN1C(=O)c2cccc3cccc1c23)c1ccccc1. The maximum absolute atomic E-state index is 12.7. The molecule has 0 saturated heterocycles. The number of carbonyl (C=O) groups excluding carboxylic acids is 2. The molecular formula is C21H18N2O2. The molecule has 1 N–H and O–H groups in total. The van der Waals surface area contributed by atoms with Crippen molar-refractivity contribution in [1.82, 2.24) is 5.32 Å². The Hall–Kier alpha value is -3.14. The molecule has 124 valence electrons. The molecule has 2 amide bonds. The Morgan fingerprint density at radius 2 is 1.72 bits per heavy atom. The van der Waals surface area contributed by atoms with E-state index in [0.717, 1.165) is 22.0 Å². The lowest BCUT2D eigenvalue weighted by atomic mass is 10.1. The van der Waals surface area contributed by atoms with E-state index in [9.17, 15) is 9.59 Å². The summed E-state index contributed by atoms with van der Waals surface area (Å²) >= 11 is 0. The molecule has 0 fully saturated rings. The Morgan fingerprint density at radius 1 is 1.00 bits per heavy atom. The van der Waals surface area contributed by atoms with Crippen molar-refractivity contribution in [2.45, 2.75) is 13.0 Å². The van der Waals surface area contributed by atoms with E-state index in [0.29, 0.717) is 5.56 Å². The van der Waals surface area contributed by atoms with Crippen molar-refractivity contribution in [3.05, 3.63) is 77.9 Å². The largest absolute Gasteiger partial charge is 0.348 e. The molecule has 0 radical (unpaired) electrons. The number of amides is 2. The normalized spacial score (nSPS) is 14.0. The Bertz CT molecular complexity index is 961. The molecule has 0 spiro atoms. The van der Waals surface area contributed by atoms with Gasteiger partial charge < -0.3 is 5.32 Å². The quantitative estimate of drug-likeness (QED) is 0.793. The van der Waals surface area contributed by atoms with Crippen LogP contribution >= 0.6 is 0 Å². The van der Waals surface area contributed by atoms with Crippen LogP contribution in [0.3, 0.4) is 0 Å². The van der Waals surface area contributed by atoms with Crippen molar-refractivity contribution in [3.63, 3.8) is 0 Å². The number of anilines is 1. The molecular weight excluding hydrogens is 312 g/mol. The molecule has 3 aromatic carbocycles. The number of hydrogen-bond acceptors (Lipinski definition) is 2. The van der Waals surface area contributed by atoms with Crippen LogP contribution in [0, 0.1) is 0 Å². The number of hydrogen-bond donors (Lipinski definition) is 1. The second kappa shape index (κ2) is 6.06. The van der Waals surface area contributed by atoms with E-state index in [4.69, 9.17) is 0 Å². The van der Waals surface area contributed by atoms with Gasteiger partial charge in [0, 0.05) is 10.9 Å². The molecule has 4 heteroatoms. The summed E-state index contributed by atoms with van der Waals surface area (Å²) in [5, 5.41) is 4.92. The predicted molar refractivity (Wildman–Crippen MR) is 98.6 cm³/mol. The van der Waals surface area contributed by atoms with Gasteiger partial charge in [0.2, 0.25) is 5.91 Å². The summed E-state index contributed by atoms with van der Waals surface area (Å²) in [6, 6.07) is 21.1. The fourth-order valence-electron chi connectivity index (χ4n) is 3.39. The molecule has 1 unspecified atom stereocenters. The number of benzene rings is 3. The first kappa shape index (κ1) is 15.4. The van der Waals surface area contributed by atoms with Crippen LogP contribution in [0.25, 0.3) is 10.8 Å². The molecule has 4 rings (SSSR count). The highest BCUT2D eigenvalue weighted by atomic mass is 16.2. The summed E-state index contributed by atoms with van der Waals surface area (Å²) in [5.41, 5.74) is 2.51. The Balaban J connectivity index is 1.55. The van der Waals surface area contributed by atoms with E-state index in [2.05, 4.69) is 5.32 Å². The number of nitrogens with zero attached hydrogens (tertiary/aromatic N) is 1. The summed E-state index contributed by atoms with van der Waals surface area (Å²) in [5.74, 6) is -0.288. The van der Waals surface area contributed by atoms with E-state index in [-0.39, 0.29) is 24.4 Å². The summed E-state index contributed by atoms with van der Waals surface area (Å²) in [4.78, 5) is 26.8. The van der Waals surface area contributed by atoms with Crippen LogP contribution in [-0.4, -0.2) is 18.4 Å². The van der Waals surface area contributed by atoms with Gasteiger partial charge in [-0.15, -0.1) is 0 Å². The number of carbonyl (C=O) groups is 2. The molecule has 0 aliphatic carbocycles. The first-order valence-electron chi connectivity index (χ1n) is 8.33. The molecule has 1 atom stereocenters. The van der Waals surface area contributed by atoms with Gasteiger partial charge in [-0.05, 0) is 30.0 Å². The third-order valence-electron chi connectivity index (χ3n) is 4.63. The van der Waals surface area contributed by atoms with Gasteiger partial charge in [-0.3, -0.25) is 14.5 Å². The van der Waals surface area contributed by atoms with Gasteiger partial charge >= 0.3 is 0 Å². The van der Waals surface area contributed by atoms with Crippen LogP contribution in [0.1, 0.15) is 28.9 Å². The van der Waals surface area contributed by atoms with Crippen LogP contribution in [0.4, 0.5) is 5.69 Å². The fourth-order valence-corrected chi connectivity index (χ4v) is 3.39. The van der Waals surface area contributed by atoms with Crippen LogP contribution < -0.4 is 10.2 Å². The third-order valence-corrected chi connectivity index (χ3v) is 4.63. The minimum atomic E-state index is -0.172. The highest BCUT2D eigenvalue weighted by molar-refractivity contribution is 6.26. The van der Waals surface area contributed by atoms with Crippen molar-refractivity contribution in [2.75, 3.05) is 11.4 Å². The average molecular weight is 330 g/mol. The van der Waals surface area contributed by atoms with Gasteiger partial charge in [0.15, 0.2) is 0 Å². The maximum atomic E-state index is 12.7. The second-order valence-corrected chi connectivity index (χ2v) is 6.27. The van der Waals surface area contributed by atoms with Crippen LogP contribution in [-0.2, 0) is 4.79 Å². The van der Waals surface area contributed by atoms with Gasteiger partial charge in [0.25, 0.3) is 5.91 Å². The van der Waals surface area contributed by atoms with Gasteiger partial charge in [0.1, 0.15) is 6.54 Å². The first-order chi connectivity index (χ1) is 12.1. The van der Waals surface area contributed by atoms with Crippen LogP contribution in [0.5, 0.6) is 0 Å². The fraction of sp³-hybridized carbons (Fsp3) is 0.143. The topological polar surface area (TPSA) is 49.4 Å². The molecule has 0 aromatic heterocycles. The number of rotatable bonds is 4. The standard InChI is InChI=1S/C21H18N2O2/c1-14(15-7-3-2-4-8-15)22-19(24)13-23-18-12-6-10-16-9-5-11-17(20(16)18)21(23)25/h2-12,14H,13H2,1H3,(H,22,24). The first-order valence-corrected chi connectivity index (χ1v) is 8.33. The predicted octanol–water partition coefficient (Wildman–Crippen LogP) is 3.68. The van der Waals surface area contributed by atoms with Gasteiger partial charge in [0.05, 0.1) is 11.7 Å². The summed E-state index contributed by atoms with van der Waals surface area (Å²) < 4.78 is 0. The minimum absolute atomic E-state index is 0.0177. The molecule has 25 heavy (non-hydrogen) atoms. The lowest BCUT2D eigenvalue weighted by Gasteiger charge is -2.20. The van der Waals surface area contributed by atoms with E-state index >= 15 is 0 Å². The summed E-state index contributed by atoms with van der Waals surface area (Å²) in [6.07, 6.45) is 0. The second-order valence-electron chi connectivity index (χ2n) is 6.27. The molecule has 1 aliphatic heterocycles. The average Bonchev–Trinajstić information content (AvgIpc) is 2.90. The molecule has 4 nitrogen and oxygen atoms in total. The van der Waals surface area contributed by atoms with Crippen LogP contribution in [0.15, 0.2) is 66.7 Å². The van der Waals surface area contributed by atoms with Crippen molar-refractivity contribution < 1.29 is 9.59 Å². The Morgan fingerprint density at radius 3 is 2.48 bits per heavy atom. The van der Waals surface area contributed by atoms with Crippen molar-refractivity contribution in [1.29, 1.82) is 0 Å². The highest BCUT2D eigenvalue weighted by Gasteiger charge is 2.31. The summed E-state index contributed by atoms with van der Waals surface area (Å²) in [6.45, 7) is 1.96. The smallest absolute Gasteiger partial charge is 0.259 e. The minimum Gasteiger partial charge on any atom is -0.348 e. The van der Waals surface area contributed by atoms with Crippen molar-refractivity contribution >= 4 is 28.3 Å². The summed E-state index contributed by atoms with van der Waals surface area (Å²) in [7, 11) is 0. The van der Waals surface area contributed by atoms with Gasteiger partial charge in [-0.1, -0.05) is 54.6 Å². The maximum Gasteiger partial charge on any atom is 0.259 e.